The van der Waals surface area contributed by atoms with Crippen molar-refractivity contribution >= 4 is 17.5 Å². The molecule has 2 fully saturated rings. The molecule has 0 saturated carbocycles. The first-order valence-corrected chi connectivity index (χ1v) is 13.2. The van der Waals surface area contributed by atoms with Crippen molar-refractivity contribution in [3.8, 4) is 0 Å². The van der Waals surface area contributed by atoms with E-state index in [9.17, 15) is 27.9 Å². The Morgan fingerprint density at radius 2 is 1.39 bits per heavy atom. The molecule has 2 aromatic carbocycles. The van der Waals surface area contributed by atoms with Gasteiger partial charge in [0.25, 0.3) is 17.4 Å². The van der Waals surface area contributed by atoms with Gasteiger partial charge in [-0.1, -0.05) is 30.3 Å². The summed E-state index contributed by atoms with van der Waals surface area (Å²) in [4.78, 5) is 30.1. The Balaban J connectivity index is 1.28. The number of anilines is 1. The Hall–Kier alpha value is -3.07. The fraction of sp³-hybridized carbons (Fsp3) is 0.517. The lowest BCUT2D eigenvalue weighted by molar-refractivity contribution is -0.262. The number of likely N-dealkylation sites (tertiary alicyclic amines) is 1. The SMILES string of the molecule is CN(C)C(=O)c1ccc(N2CCC(CC3CCN(C(=O)C(O)(c4ccccc4)C(F)(F)F)CC3)CC2)cc1. The lowest BCUT2D eigenvalue weighted by Crippen LogP contribution is -2.57. The largest absolute Gasteiger partial charge is 0.430 e. The first-order valence-electron chi connectivity index (χ1n) is 13.2. The zero-order chi connectivity index (χ0) is 27.5. The number of hydrogen-bond acceptors (Lipinski definition) is 4. The maximum atomic E-state index is 13.9. The van der Waals surface area contributed by atoms with Crippen LogP contribution in [0.3, 0.4) is 0 Å². The smallest absolute Gasteiger partial charge is 0.372 e. The van der Waals surface area contributed by atoms with Crippen LogP contribution in [0.25, 0.3) is 0 Å². The Morgan fingerprint density at radius 3 is 1.89 bits per heavy atom. The van der Waals surface area contributed by atoms with Crippen molar-refractivity contribution in [2.75, 3.05) is 45.2 Å². The van der Waals surface area contributed by atoms with Gasteiger partial charge < -0.3 is 19.8 Å². The second-order valence-electron chi connectivity index (χ2n) is 10.7. The molecule has 0 aliphatic carbocycles. The van der Waals surface area contributed by atoms with Crippen molar-refractivity contribution in [1.82, 2.24) is 9.80 Å². The van der Waals surface area contributed by atoms with Gasteiger partial charge in [-0.2, -0.15) is 13.2 Å². The molecule has 2 saturated heterocycles. The van der Waals surface area contributed by atoms with E-state index in [0.29, 0.717) is 30.2 Å². The first-order chi connectivity index (χ1) is 18.0. The maximum Gasteiger partial charge on any atom is 0.430 e. The summed E-state index contributed by atoms with van der Waals surface area (Å²) in [7, 11) is 3.46. The fourth-order valence-electron chi connectivity index (χ4n) is 5.66. The zero-order valence-corrected chi connectivity index (χ0v) is 22.0. The minimum absolute atomic E-state index is 0.0221. The Kier molecular flexibility index (Phi) is 8.35. The zero-order valence-electron chi connectivity index (χ0n) is 22.0. The standard InChI is InChI=1S/C29H36F3N3O3/c1-33(2)26(36)23-8-10-25(11-9-23)34-16-12-21(13-17-34)20-22-14-18-35(19-15-22)27(37)28(38,29(30,31)32)24-6-4-3-5-7-24/h3-11,21-22,38H,12-20H2,1-2H3. The molecule has 2 heterocycles. The maximum absolute atomic E-state index is 13.9. The lowest BCUT2D eigenvalue weighted by atomic mass is 9.82. The quantitative estimate of drug-likeness (QED) is 0.588. The molecule has 2 aliphatic rings. The fourth-order valence-corrected chi connectivity index (χ4v) is 5.66. The van der Waals surface area contributed by atoms with E-state index >= 15 is 0 Å². The number of amides is 2. The van der Waals surface area contributed by atoms with Crippen molar-refractivity contribution in [3.05, 3.63) is 65.7 Å². The van der Waals surface area contributed by atoms with Crippen molar-refractivity contribution in [1.29, 1.82) is 0 Å². The molecule has 2 aromatic rings. The molecule has 1 unspecified atom stereocenters. The van der Waals surface area contributed by atoms with Crippen molar-refractivity contribution in [2.24, 2.45) is 11.8 Å². The van der Waals surface area contributed by atoms with Crippen LogP contribution < -0.4 is 4.90 Å². The number of hydrogen-bond donors (Lipinski definition) is 1. The average molecular weight is 532 g/mol. The van der Waals surface area contributed by atoms with Crippen LogP contribution in [0.2, 0.25) is 0 Å². The molecule has 38 heavy (non-hydrogen) atoms. The molecule has 4 rings (SSSR count). The van der Waals surface area contributed by atoms with Crippen molar-refractivity contribution in [2.45, 2.75) is 43.9 Å². The number of piperidine rings is 2. The molecule has 0 bridgehead atoms. The second kappa shape index (κ2) is 11.4. The number of aliphatic hydroxyl groups is 1. The molecule has 0 aromatic heterocycles. The van der Waals surface area contributed by atoms with Gasteiger partial charge in [0.2, 0.25) is 0 Å². The molecule has 2 amide bonds. The van der Waals surface area contributed by atoms with Gasteiger partial charge in [0.15, 0.2) is 0 Å². The van der Waals surface area contributed by atoms with Crippen LogP contribution in [0.15, 0.2) is 54.6 Å². The third-order valence-electron chi connectivity index (χ3n) is 7.98. The Bertz CT molecular complexity index is 1090. The molecule has 0 spiro atoms. The molecule has 9 heteroatoms. The summed E-state index contributed by atoms with van der Waals surface area (Å²) in [5.74, 6) is -0.431. The van der Waals surface area contributed by atoms with Crippen LogP contribution in [0.4, 0.5) is 18.9 Å². The lowest BCUT2D eigenvalue weighted by Gasteiger charge is -2.40. The topological polar surface area (TPSA) is 64.1 Å². The highest BCUT2D eigenvalue weighted by atomic mass is 19.4. The number of nitrogens with zero attached hydrogens (tertiary/aromatic N) is 3. The molecule has 6 nitrogen and oxygen atoms in total. The summed E-state index contributed by atoms with van der Waals surface area (Å²) in [6, 6.07) is 14.3. The summed E-state index contributed by atoms with van der Waals surface area (Å²) in [6.07, 6.45) is -0.794. The van der Waals surface area contributed by atoms with E-state index < -0.39 is 23.2 Å². The first kappa shape index (κ1) is 28.0. The van der Waals surface area contributed by atoms with E-state index in [2.05, 4.69) is 4.90 Å². The van der Waals surface area contributed by atoms with Crippen molar-refractivity contribution < 1.29 is 27.9 Å². The van der Waals surface area contributed by atoms with Gasteiger partial charge in [-0.15, -0.1) is 0 Å². The molecule has 1 N–H and O–H groups in total. The molecular formula is C29H36F3N3O3. The van der Waals surface area contributed by atoms with Gasteiger partial charge in [0.05, 0.1) is 0 Å². The molecular weight excluding hydrogens is 495 g/mol. The van der Waals surface area contributed by atoms with Gasteiger partial charge >= 0.3 is 6.18 Å². The van der Waals surface area contributed by atoms with Crippen molar-refractivity contribution in [3.63, 3.8) is 0 Å². The highest BCUT2D eigenvalue weighted by molar-refractivity contribution is 5.94. The van der Waals surface area contributed by atoms with Crippen LogP contribution in [0, 0.1) is 11.8 Å². The second-order valence-corrected chi connectivity index (χ2v) is 10.7. The van der Waals surface area contributed by atoms with Gasteiger partial charge in [0, 0.05) is 57.1 Å². The van der Waals surface area contributed by atoms with Crippen LogP contribution >= 0.6 is 0 Å². The van der Waals surface area contributed by atoms with E-state index in [4.69, 9.17) is 0 Å². The Labute approximate surface area is 222 Å². The summed E-state index contributed by atoms with van der Waals surface area (Å²) < 4.78 is 41.7. The van der Waals surface area contributed by atoms with E-state index in [1.807, 2.05) is 24.3 Å². The highest BCUT2D eigenvalue weighted by Crippen LogP contribution is 2.41. The van der Waals surface area contributed by atoms with Crippen LogP contribution in [0.5, 0.6) is 0 Å². The van der Waals surface area contributed by atoms with E-state index in [1.54, 1.807) is 25.1 Å². The molecule has 206 valence electrons. The average Bonchev–Trinajstić information content (AvgIpc) is 2.92. The molecule has 0 radical (unpaired) electrons. The summed E-state index contributed by atoms with van der Waals surface area (Å²) in [5, 5.41) is 10.6. The number of carbonyl (C=O) groups excluding carboxylic acids is 2. The normalized spacial score (nSPS) is 19.2. The number of alkyl halides is 3. The third-order valence-corrected chi connectivity index (χ3v) is 7.98. The number of rotatable bonds is 6. The molecule has 2 aliphatic heterocycles. The summed E-state index contributed by atoms with van der Waals surface area (Å²) in [5.41, 5.74) is -2.23. The number of halogens is 3. The highest BCUT2D eigenvalue weighted by Gasteiger charge is 2.62. The van der Waals surface area contributed by atoms with E-state index in [-0.39, 0.29) is 19.0 Å². The minimum Gasteiger partial charge on any atom is -0.372 e. The minimum atomic E-state index is -5.11. The number of carbonyl (C=O) groups is 2. The van der Waals surface area contributed by atoms with E-state index in [0.717, 1.165) is 50.2 Å². The summed E-state index contributed by atoms with van der Waals surface area (Å²) >= 11 is 0. The van der Waals surface area contributed by atoms with Gasteiger partial charge in [-0.3, -0.25) is 9.59 Å². The van der Waals surface area contributed by atoms with Crippen LogP contribution in [-0.2, 0) is 10.4 Å². The van der Waals surface area contributed by atoms with Crippen LogP contribution in [0.1, 0.15) is 48.0 Å². The Morgan fingerprint density at radius 1 is 0.868 bits per heavy atom. The van der Waals surface area contributed by atoms with Gasteiger partial charge in [-0.25, -0.2) is 0 Å². The van der Waals surface area contributed by atoms with Gasteiger partial charge in [0.1, 0.15) is 0 Å². The predicted octanol–water partition coefficient (Wildman–Crippen LogP) is 4.68. The van der Waals surface area contributed by atoms with Crippen LogP contribution in [-0.4, -0.2) is 73.2 Å². The third kappa shape index (κ3) is 5.82. The molecule has 1 atom stereocenters. The summed E-state index contributed by atoms with van der Waals surface area (Å²) in [6.45, 7) is 2.26. The number of benzene rings is 2. The van der Waals surface area contributed by atoms with Gasteiger partial charge in [-0.05, 0) is 68.2 Å². The predicted molar refractivity (Wildman–Crippen MR) is 140 cm³/mol. The monoisotopic (exact) mass is 531 g/mol. The van der Waals surface area contributed by atoms with E-state index in [1.165, 1.54) is 17.0 Å².